The fourth-order valence-electron chi connectivity index (χ4n) is 3.22. The monoisotopic (exact) mass is 457 g/mol. The third kappa shape index (κ3) is 6.93. The number of amides is 1. The van der Waals surface area contributed by atoms with Crippen molar-refractivity contribution in [3.63, 3.8) is 0 Å². The van der Waals surface area contributed by atoms with Gasteiger partial charge in [0.25, 0.3) is 0 Å². The van der Waals surface area contributed by atoms with Crippen LogP contribution in [0.5, 0.6) is 5.75 Å². The molecule has 0 bridgehead atoms. The number of nitrogens with one attached hydrogen (secondary N) is 1. The number of imidazole rings is 1. The van der Waals surface area contributed by atoms with E-state index in [4.69, 9.17) is 4.42 Å². The molecular formula is C24H31N3O6. The third-order valence-corrected chi connectivity index (χ3v) is 5.11. The van der Waals surface area contributed by atoms with Gasteiger partial charge in [-0.2, -0.15) is 0 Å². The molecule has 2 aromatic heterocycles. The first-order valence-corrected chi connectivity index (χ1v) is 10.8. The van der Waals surface area contributed by atoms with Gasteiger partial charge in [0.15, 0.2) is 5.78 Å². The van der Waals surface area contributed by atoms with Crippen LogP contribution in [0, 0.1) is 0 Å². The Bertz CT molecular complexity index is 1110. The summed E-state index contributed by atoms with van der Waals surface area (Å²) in [6.45, 7) is 5.46. The second-order valence-corrected chi connectivity index (χ2v) is 7.82. The Balaban J connectivity index is 2.14. The van der Waals surface area contributed by atoms with Crippen molar-refractivity contribution in [3.05, 3.63) is 63.4 Å². The smallest absolute Gasteiger partial charge is 0.410 e. The molecule has 2 heterocycles. The first-order valence-electron chi connectivity index (χ1n) is 10.8. The molecule has 9 heteroatoms. The number of aryl methyl sites for hydroxylation is 2. The lowest BCUT2D eigenvalue weighted by atomic mass is 10.00. The molecule has 2 rings (SSSR count). The third-order valence-electron chi connectivity index (χ3n) is 5.11. The van der Waals surface area contributed by atoms with E-state index in [9.17, 15) is 19.5 Å². The highest BCUT2D eigenvalue weighted by molar-refractivity contribution is 6.11. The minimum Gasteiger partial charge on any atom is -0.507 e. The first-order chi connectivity index (χ1) is 15.7. The van der Waals surface area contributed by atoms with Crippen LogP contribution in [0.25, 0.3) is 6.08 Å². The fraction of sp³-hybridized carbons (Fsp3) is 0.417. The van der Waals surface area contributed by atoms with Crippen LogP contribution in [0.2, 0.25) is 0 Å². The highest BCUT2D eigenvalue weighted by Gasteiger charge is 2.22. The molecule has 0 aliphatic carbocycles. The van der Waals surface area contributed by atoms with Gasteiger partial charge in [-0.15, -0.1) is 0 Å². The SMILES string of the molecule is CCCc1cn(C)c(/C=C(\C)C(=O)c2c(O)cc(C(C)CC/C=C/NC(=O)OC)oc2=O)n1. The summed E-state index contributed by atoms with van der Waals surface area (Å²) in [5, 5.41) is 12.8. The van der Waals surface area contributed by atoms with E-state index in [1.165, 1.54) is 19.4 Å². The van der Waals surface area contributed by atoms with Gasteiger partial charge in [-0.25, -0.2) is 14.6 Å². The summed E-state index contributed by atoms with van der Waals surface area (Å²) >= 11 is 0. The zero-order chi connectivity index (χ0) is 24.5. The number of carbonyl (C=O) groups excluding carboxylic acids is 2. The molecule has 1 amide bonds. The predicted molar refractivity (Wildman–Crippen MR) is 124 cm³/mol. The fourth-order valence-corrected chi connectivity index (χ4v) is 3.22. The van der Waals surface area contributed by atoms with Crippen LogP contribution < -0.4 is 10.9 Å². The van der Waals surface area contributed by atoms with Crippen molar-refractivity contribution in [1.29, 1.82) is 0 Å². The van der Waals surface area contributed by atoms with Gasteiger partial charge in [-0.05, 0) is 32.3 Å². The second-order valence-electron chi connectivity index (χ2n) is 7.82. The Kier molecular flexibility index (Phi) is 9.20. The molecule has 0 aliphatic heterocycles. The van der Waals surface area contributed by atoms with Crippen LogP contribution in [-0.2, 0) is 18.2 Å². The van der Waals surface area contributed by atoms with E-state index in [0.717, 1.165) is 18.5 Å². The highest BCUT2D eigenvalue weighted by Crippen LogP contribution is 2.26. The zero-order valence-electron chi connectivity index (χ0n) is 19.7. The van der Waals surface area contributed by atoms with Crippen molar-refractivity contribution >= 4 is 18.0 Å². The second kappa shape index (κ2) is 11.8. The number of rotatable bonds is 10. The number of methoxy groups -OCH3 is 1. The number of nitrogens with zero attached hydrogens (tertiary/aromatic N) is 2. The number of ether oxygens (including phenoxy) is 1. The Morgan fingerprint density at radius 2 is 2.12 bits per heavy atom. The summed E-state index contributed by atoms with van der Waals surface area (Å²) in [5.74, 6) is -0.360. The molecule has 0 aromatic carbocycles. The van der Waals surface area contributed by atoms with Crippen molar-refractivity contribution < 1.29 is 23.8 Å². The number of alkyl carbamates (subject to hydrolysis) is 1. The summed E-state index contributed by atoms with van der Waals surface area (Å²) < 4.78 is 11.6. The van der Waals surface area contributed by atoms with Gasteiger partial charge in [-0.1, -0.05) is 26.3 Å². The van der Waals surface area contributed by atoms with E-state index in [0.29, 0.717) is 18.7 Å². The first kappa shape index (κ1) is 25.6. The molecule has 0 saturated carbocycles. The maximum Gasteiger partial charge on any atom is 0.410 e. The predicted octanol–water partition coefficient (Wildman–Crippen LogP) is 4.07. The molecule has 0 spiro atoms. The van der Waals surface area contributed by atoms with Gasteiger partial charge in [0.1, 0.15) is 22.9 Å². The van der Waals surface area contributed by atoms with Crippen molar-refractivity contribution in [3.8, 4) is 5.75 Å². The molecule has 1 unspecified atom stereocenters. The van der Waals surface area contributed by atoms with E-state index in [1.54, 1.807) is 19.1 Å². The Labute approximate surface area is 192 Å². The Morgan fingerprint density at radius 3 is 2.76 bits per heavy atom. The van der Waals surface area contributed by atoms with Gasteiger partial charge >= 0.3 is 11.7 Å². The minimum absolute atomic E-state index is 0.197. The maximum absolute atomic E-state index is 12.9. The van der Waals surface area contributed by atoms with E-state index in [2.05, 4.69) is 22.0 Å². The van der Waals surface area contributed by atoms with Gasteiger partial charge in [0.2, 0.25) is 0 Å². The molecule has 1 atom stereocenters. The molecular weight excluding hydrogens is 426 g/mol. The van der Waals surface area contributed by atoms with Crippen LogP contribution in [0.4, 0.5) is 4.79 Å². The van der Waals surface area contributed by atoms with Crippen LogP contribution in [-0.4, -0.2) is 33.6 Å². The minimum atomic E-state index is -0.885. The van der Waals surface area contributed by atoms with Crippen molar-refractivity contribution in [1.82, 2.24) is 14.9 Å². The number of allylic oxidation sites excluding steroid dienone is 2. The number of ketones is 1. The molecule has 0 saturated heterocycles. The average Bonchev–Trinajstić information content (AvgIpc) is 3.11. The summed E-state index contributed by atoms with van der Waals surface area (Å²) in [5.41, 5.74) is -0.101. The van der Waals surface area contributed by atoms with Gasteiger partial charge in [0, 0.05) is 37.0 Å². The largest absolute Gasteiger partial charge is 0.507 e. The lowest BCUT2D eigenvalue weighted by Crippen LogP contribution is -2.17. The summed E-state index contributed by atoms with van der Waals surface area (Å²) in [6, 6.07) is 1.31. The summed E-state index contributed by atoms with van der Waals surface area (Å²) in [4.78, 5) is 40.9. The van der Waals surface area contributed by atoms with Crippen LogP contribution >= 0.6 is 0 Å². The molecule has 178 valence electrons. The van der Waals surface area contributed by atoms with Crippen molar-refractivity contribution in [2.24, 2.45) is 7.05 Å². The molecule has 0 radical (unpaired) electrons. The van der Waals surface area contributed by atoms with E-state index in [-0.39, 0.29) is 17.3 Å². The number of aromatic hydroxyl groups is 1. The van der Waals surface area contributed by atoms with E-state index in [1.807, 2.05) is 24.7 Å². The molecule has 0 fully saturated rings. The zero-order valence-corrected chi connectivity index (χ0v) is 19.7. The van der Waals surface area contributed by atoms with E-state index < -0.39 is 28.8 Å². The molecule has 33 heavy (non-hydrogen) atoms. The van der Waals surface area contributed by atoms with Gasteiger partial charge in [0.05, 0.1) is 12.8 Å². The Hall–Kier alpha value is -3.62. The lowest BCUT2D eigenvalue weighted by molar-refractivity contribution is 0.102. The maximum atomic E-state index is 12.9. The summed E-state index contributed by atoms with van der Waals surface area (Å²) in [7, 11) is 3.10. The van der Waals surface area contributed by atoms with Gasteiger partial charge < -0.3 is 18.8 Å². The van der Waals surface area contributed by atoms with E-state index >= 15 is 0 Å². The quantitative estimate of drug-likeness (QED) is 0.407. The van der Waals surface area contributed by atoms with Crippen molar-refractivity contribution in [2.75, 3.05) is 7.11 Å². The van der Waals surface area contributed by atoms with Gasteiger partial charge in [-0.3, -0.25) is 10.1 Å². The standard InChI is InChI=1S/C24H31N3O6/c1-6-9-17-14-27(4)20(26-17)12-16(3)22(29)21-18(28)13-19(33-23(21)30)15(2)10-7-8-11-25-24(31)32-5/h8,11-15,28H,6-7,9-10H2,1-5H3,(H,25,31)/b11-8+,16-12+. The summed E-state index contributed by atoms with van der Waals surface area (Å²) in [6.07, 6.45) is 9.09. The molecule has 9 nitrogen and oxygen atoms in total. The van der Waals surface area contributed by atoms with Crippen molar-refractivity contribution in [2.45, 2.75) is 52.4 Å². The Morgan fingerprint density at radius 1 is 1.39 bits per heavy atom. The topological polar surface area (TPSA) is 124 Å². The molecule has 2 N–H and O–H groups in total. The molecule has 0 aliphatic rings. The normalized spacial score (nSPS) is 12.7. The number of hydrogen-bond donors (Lipinski definition) is 2. The highest BCUT2D eigenvalue weighted by atomic mass is 16.5. The number of aromatic nitrogens is 2. The lowest BCUT2D eigenvalue weighted by Gasteiger charge is -2.11. The number of Topliss-reactive ketones (excluding diaryl/α,β-unsaturated/α-hetero) is 1. The molecule has 2 aromatic rings. The number of hydrogen-bond acceptors (Lipinski definition) is 7. The van der Waals surface area contributed by atoms with Crippen LogP contribution in [0.15, 0.2) is 39.3 Å². The average molecular weight is 458 g/mol. The van der Waals surface area contributed by atoms with Crippen LogP contribution in [0.3, 0.4) is 0 Å². The number of carbonyl (C=O) groups is 2. The van der Waals surface area contributed by atoms with Crippen LogP contribution in [0.1, 0.15) is 73.6 Å².